The van der Waals surface area contributed by atoms with E-state index < -0.39 is 0 Å². The number of carbonyl (C=O) groups is 1. The topological polar surface area (TPSA) is 29.5 Å². The van der Waals surface area contributed by atoms with E-state index in [1.807, 2.05) is 67.5 Å². The molecule has 0 saturated carbocycles. The maximum Gasteiger partial charge on any atom is 0.170 e. The van der Waals surface area contributed by atoms with E-state index in [2.05, 4.69) is 0 Å². The van der Waals surface area contributed by atoms with E-state index >= 15 is 0 Å². The van der Waals surface area contributed by atoms with Crippen molar-refractivity contribution in [3.05, 3.63) is 59.7 Å². The molecule has 1 unspecified atom stereocenters. The van der Waals surface area contributed by atoms with Crippen LogP contribution in [0.3, 0.4) is 0 Å². The summed E-state index contributed by atoms with van der Waals surface area (Å²) in [7, 11) is 4.01. The highest BCUT2D eigenvalue weighted by Crippen LogP contribution is 2.34. The van der Waals surface area contributed by atoms with Crippen LogP contribution in [0.4, 0.5) is 5.69 Å². The van der Waals surface area contributed by atoms with Gasteiger partial charge in [-0.3, -0.25) is 4.79 Å². The monoisotopic (exact) mass is 267 g/mol. The average molecular weight is 267 g/mol. The lowest BCUT2D eigenvalue weighted by molar-refractivity contribution is 0.0850. The minimum Gasteiger partial charge on any atom is -0.484 e. The summed E-state index contributed by atoms with van der Waals surface area (Å²) < 4.78 is 5.95. The fraction of sp³-hybridized carbons (Fsp3) is 0.235. The largest absolute Gasteiger partial charge is 0.484 e. The molecule has 0 aromatic heterocycles. The van der Waals surface area contributed by atoms with Crippen LogP contribution >= 0.6 is 0 Å². The lowest BCUT2D eigenvalue weighted by Crippen LogP contribution is -2.20. The number of hydrogen-bond acceptors (Lipinski definition) is 3. The molecule has 3 heteroatoms. The van der Waals surface area contributed by atoms with Gasteiger partial charge in [-0.15, -0.1) is 0 Å². The molecule has 1 aliphatic heterocycles. The van der Waals surface area contributed by atoms with Crippen molar-refractivity contribution in [3.8, 4) is 5.75 Å². The zero-order valence-corrected chi connectivity index (χ0v) is 11.7. The fourth-order valence-electron chi connectivity index (χ4n) is 2.45. The first-order valence-corrected chi connectivity index (χ1v) is 6.71. The van der Waals surface area contributed by atoms with Gasteiger partial charge >= 0.3 is 0 Å². The van der Waals surface area contributed by atoms with Gasteiger partial charge in [-0.05, 0) is 29.8 Å². The number of para-hydroxylation sites is 1. The third-order valence-corrected chi connectivity index (χ3v) is 3.61. The Balaban J connectivity index is 1.88. The zero-order valence-electron chi connectivity index (χ0n) is 11.7. The summed E-state index contributed by atoms with van der Waals surface area (Å²) in [4.78, 5) is 14.2. The van der Waals surface area contributed by atoms with Crippen LogP contribution in [0.2, 0.25) is 0 Å². The third-order valence-electron chi connectivity index (χ3n) is 3.61. The summed E-state index contributed by atoms with van der Waals surface area (Å²) in [5.41, 5.74) is 2.86. The molecular weight excluding hydrogens is 250 g/mol. The number of ketones is 1. The standard InChI is InChI=1S/C17H17NO2/c1-18(2)13-9-7-12(8-10-13)17-11-15(19)14-5-3-4-6-16(14)20-17/h3-10,17H,11H2,1-2H3. The summed E-state index contributed by atoms with van der Waals surface area (Å²) in [6, 6.07) is 15.6. The number of anilines is 1. The van der Waals surface area contributed by atoms with Crippen LogP contribution in [-0.2, 0) is 0 Å². The van der Waals surface area contributed by atoms with Gasteiger partial charge in [0, 0.05) is 19.8 Å². The predicted molar refractivity (Wildman–Crippen MR) is 79.5 cm³/mol. The molecule has 0 aliphatic carbocycles. The van der Waals surface area contributed by atoms with E-state index in [0.717, 1.165) is 11.3 Å². The van der Waals surface area contributed by atoms with Gasteiger partial charge in [-0.25, -0.2) is 0 Å². The highest BCUT2D eigenvalue weighted by molar-refractivity contribution is 5.99. The Kier molecular flexibility index (Phi) is 3.18. The minimum absolute atomic E-state index is 0.147. The van der Waals surface area contributed by atoms with Crippen molar-refractivity contribution >= 4 is 11.5 Å². The quantitative estimate of drug-likeness (QED) is 0.834. The van der Waals surface area contributed by atoms with Crippen LogP contribution in [0.1, 0.15) is 28.4 Å². The Labute approximate surface area is 118 Å². The summed E-state index contributed by atoms with van der Waals surface area (Å²) in [5, 5.41) is 0. The van der Waals surface area contributed by atoms with Gasteiger partial charge in [-0.2, -0.15) is 0 Å². The molecule has 0 fully saturated rings. The second-order valence-corrected chi connectivity index (χ2v) is 5.22. The molecule has 1 atom stereocenters. The molecule has 1 heterocycles. The molecule has 0 saturated heterocycles. The van der Waals surface area contributed by atoms with E-state index in [4.69, 9.17) is 4.74 Å². The van der Waals surface area contributed by atoms with Gasteiger partial charge in [0.25, 0.3) is 0 Å². The number of carbonyl (C=O) groups excluding carboxylic acids is 1. The van der Waals surface area contributed by atoms with Crippen LogP contribution in [0.5, 0.6) is 5.75 Å². The van der Waals surface area contributed by atoms with Crippen molar-refractivity contribution < 1.29 is 9.53 Å². The van der Waals surface area contributed by atoms with Crippen molar-refractivity contribution in [2.45, 2.75) is 12.5 Å². The molecule has 2 aromatic rings. The van der Waals surface area contributed by atoms with Crippen LogP contribution < -0.4 is 9.64 Å². The molecule has 0 bridgehead atoms. The summed E-state index contributed by atoms with van der Waals surface area (Å²) in [6.45, 7) is 0. The maximum atomic E-state index is 12.2. The Morgan fingerprint density at radius 1 is 1.05 bits per heavy atom. The maximum absolute atomic E-state index is 12.2. The van der Waals surface area contributed by atoms with E-state index in [1.54, 1.807) is 0 Å². The third kappa shape index (κ3) is 2.27. The average Bonchev–Trinajstić information content (AvgIpc) is 2.47. The van der Waals surface area contributed by atoms with E-state index in [1.165, 1.54) is 0 Å². The molecule has 2 aromatic carbocycles. The van der Waals surface area contributed by atoms with Gasteiger partial charge < -0.3 is 9.64 Å². The Hall–Kier alpha value is -2.29. The predicted octanol–water partition coefficient (Wildman–Crippen LogP) is 3.46. The Morgan fingerprint density at radius 3 is 2.45 bits per heavy atom. The summed E-state index contributed by atoms with van der Waals surface area (Å²) >= 11 is 0. The lowest BCUT2D eigenvalue weighted by Gasteiger charge is -2.25. The first kappa shape index (κ1) is 12.7. The number of ether oxygens (including phenoxy) is 1. The van der Waals surface area contributed by atoms with Gasteiger partial charge in [0.2, 0.25) is 0 Å². The molecule has 0 radical (unpaired) electrons. The van der Waals surface area contributed by atoms with Crippen LogP contribution in [0, 0.1) is 0 Å². The van der Waals surface area contributed by atoms with Crippen LogP contribution in [0.25, 0.3) is 0 Å². The van der Waals surface area contributed by atoms with Crippen molar-refractivity contribution in [2.24, 2.45) is 0 Å². The fourth-order valence-corrected chi connectivity index (χ4v) is 2.45. The highest BCUT2D eigenvalue weighted by Gasteiger charge is 2.27. The smallest absolute Gasteiger partial charge is 0.170 e. The molecule has 3 nitrogen and oxygen atoms in total. The van der Waals surface area contributed by atoms with Crippen molar-refractivity contribution in [1.29, 1.82) is 0 Å². The van der Waals surface area contributed by atoms with Crippen molar-refractivity contribution in [2.75, 3.05) is 19.0 Å². The molecule has 0 N–H and O–H groups in total. The van der Waals surface area contributed by atoms with Gasteiger partial charge in [0.15, 0.2) is 5.78 Å². The summed E-state index contributed by atoms with van der Waals surface area (Å²) in [5.74, 6) is 0.832. The zero-order chi connectivity index (χ0) is 14.1. The minimum atomic E-state index is -0.186. The normalized spacial score (nSPS) is 17.3. The van der Waals surface area contributed by atoms with Gasteiger partial charge in [0.1, 0.15) is 11.9 Å². The second kappa shape index (κ2) is 5.00. The van der Waals surface area contributed by atoms with Gasteiger partial charge in [0.05, 0.1) is 12.0 Å². The first-order valence-electron chi connectivity index (χ1n) is 6.71. The Morgan fingerprint density at radius 2 is 1.75 bits per heavy atom. The lowest BCUT2D eigenvalue weighted by atomic mass is 9.96. The molecule has 3 rings (SSSR count). The van der Waals surface area contributed by atoms with Gasteiger partial charge in [-0.1, -0.05) is 24.3 Å². The highest BCUT2D eigenvalue weighted by atomic mass is 16.5. The molecule has 0 amide bonds. The molecule has 20 heavy (non-hydrogen) atoms. The second-order valence-electron chi connectivity index (χ2n) is 5.22. The molecule has 102 valence electrons. The van der Waals surface area contributed by atoms with E-state index in [-0.39, 0.29) is 11.9 Å². The number of hydrogen-bond donors (Lipinski definition) is 0. The number of benzene rings is 2. The van der Waals surface area contributed by atoms with E-state index in [9.17, 15) is 4.79 Å². The first-order chi connectivity index (χ1) is 9.65. The molecular formula is C17H17NO2. The SMILES string of the molecule is CN(C)c1ccc(C2CC(=O)c3ccccc3O2)cc1. The van der Waals surface area contributed by atoms with E-state index in [0.29, 0.717) is 17.7 Å². The van der Waals surface area contributed by atoms with Crippen LogP contribution in [0.15, 0.2) is 48.5 Å². The molecule has 1 aliphatic rings. The number of nitrogens with zero attached hydrogens (tertiary/aromatic N) is 1. The number of rotatable bonds is 2. The summed E-state index contributed by atoms with van der Waals surface area (Å²) in [6.07, 6.45) is 0.215. The molecule has 0 spiro atoms. The Bertz CT molecular complexity index is 632. The van der Waals surface area contributed by atoms with Crippen molar-refractivity contribution in [1.82, 2.24) is 0 Å². The number of fused-ring (bicyclic) bond motifs is 1. The number of Topliss-reactive ketones (excluding diaryl/α,β-unsaturated/α-hetero) is 1. The van der Waals surface area contributed by atoms with Crippen LogP contribution in [-0.4, -0.2) is 19.9 Å². The van der Waals surface area contributed by atoms with Crippen molar-refractivity contribution in [3.63, 3.8) is 0 Å².